The van der Waals surface area contributed by atoms with Gasteiger partial charge < -0.3 is 20.2 Å². The van der Waals surface area contributed by atoms with Crippen LogP contribution in [0.15, 0.2) is 18.2 Å². The monoisotopic (exact) mass is 251 g/mol. The molecule has 3 N–H and O–H groups in total. The number of carboxylic acid groups (broad SMARTS) is 1. The van der Waals surface area contributed by atoms with Crippen LogP contribution in [0.2, 0.25) is 0 Å². The number of aliphatic carboxylic acids is 1. The fourth-order valence-electron chi connectivity index (χ4n) is 2.16. The Hall–Kier alpha value is -2.24. The average Bonchev–Trinajstić information content (AvgIpc) is 2.77. The van der Waals surface area contributed by atoms with Crippen molar-refractivity contribution in [2.45, 2.75) is 18.9 Å². The lowest BCUT2D eigenvalue weighted by atomic mass is 10.1. The predicted molar refractivity (Wildman–Crippen MR) is 61.5 cm³/mol. The zero-order valence-corrected chi connectivity index (χ0v) is 9.54. The van der Waals surface area contributed by atoms with E-state index < -0.39 is 17.9 Å². The number of hydrogen-bond donors (Lipinski definition) is 3. The van der Waals surface area contributed by atoms with Gasteiger partial charge in [-0.15, -0.1) is 0 Å². The first-order chi connectivity index (χ1) is 8.52. The van der Waals surface area contributed by atoms with Gasteiger partial charge in [-0.3, -0.25) is 4.79 Å². The van der Waals surface area contributed by atoms with E-state index in [1.165, 1.54) is 18.2 Å². The SMILES string of the molecule is O=C(O)[C@H]1CCCN1C(=O)c1c(O)cccc1O. The molecule has 0 unspecified atom stereocenters. The van der Waals surface area contributed by atoms with Gasteiger partial charge in [-0.05, 0) is 25.0 Å². The Morgan fingerprint density at radius 2 is 1.83 bits per heavy atom. The van der Waals surface area contributed by atoms with Crippen LogP contribution in [-0.2, 0) is 4.79 Å². The van der Waals surface area contributed by atoms with Crippen molar-refractivity contribution < 1.29 is 24.9 Å². The molecule has 6 nitrogen and oxygen atoms in total. The molecule has 1 amide bonds. The summed E-state index contributed by atoms with van der Waals surface area (Å²) in [6, 6.07) is 3.06. The van der Waals surface area contributed by atoms with Crippen LogP contribution in [0.4, 0.5) is 0 Å². The summed E-state index contributed by atoms with van der Waals surface area (Å²) in [4.78, 5) is 24.3. The molecule has 96 valence electrons. The molecule has 0 aromatic heterocycles. The Bertz CT molecular complexity index is 479. The summed E-state index contributed by atoms with van der Waals surface area (Å²) >= 11 is 0. The van der Waals surface area contributed by atoms with Crippen molar-refractivity contribution in [3.8, 4) is 11.5 Å². The minimum absolute atomic E-state index is 0.245. The first-order valence-electron chi connectivity index (χ1n) is 5.57. The topological polar surface area (TPSA) is 98.1 Å². The van der Waals surface area contributed by atoms with Crippen LogP contribution < -0.4 is 0 Å². The van der Waals surface area contributed by atoms with E-state index in [9.17, 15) is 19.8 Å². The molecule has 1 atom stereocenters. The number of rotatable bonds is 2. The van der Waals surface area contributed by atoms with Crippen LogP contribution in [0.25, 0.3) is 0 Å². The lowest BCUT2D eigenvalue weighted by molar-refractivity contribution is -0.141. The predicted octanol–water partition coefficient (Wildman–Crippen LogP) is 0.787. The summed E-state index contributed by atoms with van der Waals surface area (Å²) in [7, 11) is 0. The van der Waals surface area contributed by atoms with Gasteiger partial charge in [-0.2, -0.15) is 0 Å². The van der Waals surface area contributed by atoms with Crippen LogP contribution in [0.1, 0.15) is 23.2 Å². The normalized spacial score (nSPS) is 18.9. The van der Waals surface area contributed by atoms with Crippen molar-refractivity contribution in [3.05, 3.63) is 23.8 Å². The van der Waals surface area contributed by atoms with Crippen LogP contribution in [0.3, 0.4) is 0 Å². The Morgan fingerprint density at radius 1 is 1.22 bits per heavy atom. The van der Waals surface area contributed by atoms with Gasteiger partial charge in [0, 0.05) is 6.54 Å². The molecular formula is C12H13NO5. The third-order valence-electron chi connectivity index (χ3n) is 3.03. The van der Waals surface area contributed by atoms with E-state index in [4.69, 9.17) is 5.11 Å². The largest absolute Gasteiger partial charge is 0.507 e. The smallest absolute Gasteiger partial charge is 0.326 e. The highest BCUT2D eigenvalue weighted by Gasteiger charge is 2.36. The second kappa shape index (κ2) is 4.56. The summed E-state index contributed by atoms with van der Waals surface area (Å²) in [6.07, 6.45) is 0.979. The number of carbonyl (C=O) groups is 2. The summed E-state index contributed by atoms with van der Waals surface area (Å²) in [6.45, 7) is 0.309. The highest BCUT2D eigenvalue weighted by atomic mass is 16.4. The Kier molecular flexibility index (Phi) is 3.10. The Labute approximate surface area is 103 Å². The van der Waals surface area contributed by atoms with Crippen molar-refractivity contribution in [2.24, 2.45) is 0 Å². The number of phenols is 2. The quantitative estimate of drug-likeness (QED) is 0.721. The van der Waals surface area contributed by atoms with Gasteiger partial charge in [-0.1, -0.05) is 6.07 Å². The van der Waals surface area contributed by atoms with Crippen LogP contribution in [0, 0.1) is 0 Å². The Balaban J connectivity index is 2.34. The number of carboxylic acids is 1. The Morgan fingerprint density at radius 3 is 2.39 bits per heavy atom. The number of aromatic hydroxyl groups is 2. The third kappa shape index (κ3) is 1.97. The molecular weight excluding hydrogens is 238 g/mol. The average molecular weight is 251 g/mol. The number of carbonyl (C=O) groups excluding carboxylic acids is 1. The van der Waals surface area contributed by atoms with Gasteiger partial charge in [0.1, 0.15) is 23.1 Å². The van der Waals surface area contributed by atoms with E-state index in [2.05, 4.69) is 0 Å². The van der Waals surface area contributed by atoms with Crippen molar-refractivity contribution in [3.63, 3.8) is 0 Å². The zero-order chi connectivity index (χ0) is 13.3. The van der Waals surface area contributed by atoms with Crippen molar-refractivity contribution >= 4 is 11.9 Å². The standard InChI is InChI=1S/C12H13NO5/c14-8-4-1-5-9(15)10(8)11(16)13-6-2-3-7(13)12(17)18/h1,4-5,7,14-15H,2-3,6H2,(H,17,18)/t7-/m1/s1. The molecule has 6 heteroatoms. The van der Waals surface area contributed by atoms with Crippen molar-refractivity contribution in [1.29, 1.82) is 0 Å². The molecule has 18 heavy (non-hydrogen) atoms. The minimum atomic E-state index is -1.07. The molecule has 0 bridgehead atoms. The molecule has 0 aliphatic carbocycles. The summed E-state index contributed by atoms with van der Waals surface area (Å²) in [5.41, 5.74) is -0.245. The number of hydrogen-bond acceptors (Lipinski definition) is 4. The molecule has 2 rings (SSSR count). The lowest BCUT2D eigenvalue weighted by Crippen LogP contribution is -2.40. The molecule has 1 aromatic rings. The van der Waals surface area contributed by atoms with E-state index in [1.807, 2.05) is 0 Å². The van der Waals surface area contributed by atoms with Gasteiger partial charge in [0.15, 0.2) is 0 Å². The number of likely N-dealkylation sites (tertiary alicyclic amines) is 1. The zero-order valence-electron chi connectivity index (χ0n) is 9.54. The molecule has 0 spiro atoms. The maximum atomic E-state index is 12.1. The summed E-state index contributed by atoms with van der Waals surface area (Å²) in [5, 5.41) is 28.2. The van der Waals surface area contributed by atoms with Gasteiger partial charge in [0.05, 0.1) is 0 Å². The number of nitrogens with zero attached hydrogens (tertiary/aromatic N) is 1. The molecule has 1 aromatic carbocycles. The highest BCUT2D eigenvalue weighted by Crippen LogP contribution is 2.30. The highest BCUT2D eigenvalue weighted by molar-refractivity contribution is 6.01. The fourth-order valence-corrected chi connectivity index (χ4v) is 2.16. The van der Waals surface area contributed by atoms with Crippen LogP contribution >= 0.6 is 0 Å². The number of benzene rings is 1. The van der Waals surface area contributed by atoms with Gasteiger partial charge in [-0.25, -0.2) is 4.79 Å². The first-order valence-corrected chi connectivity index (χ1v) is 5.57. The molecule has 0 saturated carbocycles. The van der Waals surface area contributed by atoms with Gasteiger partial charge >= 0.3 is 5.97 Å². The lowest BCUT2D eigenvalue weighted by Gasteiger charge is -2.22. The van der Waals surface area contributed by atoms with Gasteiger partial charge in [0.2, 0.25) is 0 Å². The molecule has 1 heterocycles. The van der Waals surface area contributed by atoms with E-state index >= 15 is 0 Å². The molecule has 1 aliphatic heterocycles. The second-order valence-corrected chi connectivity index (χ2v) is 4.17. The van der Waals surface area contributed by atoms with E-state index in [-0.39, 0.29) is 17.1 Å². The summed E-state index contributed by atoms with van der Waals surface area (Å²) < 4.78 is 0. The van der Waals surface area contributed by atoms with Gasteiger partial charge in [0.25, 0.3) is 5.91 Å². The fraction of sp³-hybridized carbons (Fsp3) is 0.333. The van der Waals surface area contributed by atoms with Crippen molar-refractivity contribution in [1.82, 2.24) is 4.90 Å². The molecule has 1 aliphatic rings. The molecule has 1 fully saturated rings. The second-order valence-electron chi connectivity index (χ2n) is 4.17. The number of amides is 1. The van der Waals surface area contributed by atoms with E-state index in [0.717, 1.165) is 4.90 Å². The maximum absolute atomic E-state index is 12.1. The minimum Gasteiger partial charge on any atom is -0.507 e. The first kappa shape index (κ1) is 12.2. The van der Waals surface area contributed by atoms with Crippen LogP contribution in [-0.4, -0.2) is 44.7 Å². The van der Waals surface area contributed by atoms with Crippen LogP contribution in [0.5, 0.6) is 11.5 Å². The third-order valence-corrected chi connectivity index (χ3v) is 3.03. The van der Waals surface area contributed by atoms with Crippen molar-refractivity contribution in [2.75, 3.05) is 6.54 Å². The maximum Gasteiger partial charge on any atom is 0.326 e. The van der Waals surface area contributed by atoms with E-state index in [1.54, 1.807) is 0 Å². The number of phenolic OH excluding ortho intramolecular Hbond substituents is 2. The molecule has 1 saturated heterocycles. The van der Waals surface area contributed by atoms with E-state index in [0.29, 0.717) is 19.4 Å². The molecule has 0 radical (unpaired) electrons. The summed E-state index contributed by atoms with van der Waals surface area (Å²) in [5.74, 6) is -2.43.